The summed E-state index contributed by atoms with van der Waals surface area (Å²) in [5.74, 6) is -0.899. The number of carboxylic acid groups (broad SMARTS) is 1. The summed E-state index contributed by atoms with van der Waals surface area (Å²) in [7, 11) is 1.79. The SMILES string of the molecule is Cc1c(C(=O)NCCCCCC(=O)O)cnn1C. The van der Waals surface area contributed by atoms with Crippen LogP contribution in [0.1, 0.15) is 41.7 Å². The van der Waals surface area contributed by atoms with Crippen LogP contribution in [0.3, 0.4) is 0 Å². The maximum atomic E-state index is 11.8. The fourth-order valence-electron chi connectivity index (χ4n) is 1.60. The summed E-state index contributed by atoms with van der Waals surface area (Å²) < 4.78 is 1.65. The number of hydrogen-bond acceptors (Lipinski definition) is 3. The van der Waals surface area contributed by atoms with E-state index in [4.69, 9.17) is 5.11 Å². The summed E-state index contributed by atoms with van der Waals surface area (Å²) in [6, 6.07) is 0. The molecular weight excluding hydrogens is 234 g/mol. The van der Waals surface area contributed by atoms with Crippen LogP contribution in [0.2, 0.25) is 0 Å². The molecule has 0 aliphatic rings. The van der Waals surface area contributed by atoms with Crippen molar-refractivity contribution in [2.24, 2.45) is 7.05 Å². The second-order valence-corrected chi connectivity index (χ2v) is 4.23. The standard InChI is InChI=1S/C12H19N3O3/c1-9-10(8-14-15(9)2)12(18)13-7-5-3-4-6-11(16)17/h8H,3-7H2,1-2H3,(H,13,18)(H,16,17). The average Bonchev–Trinajstić information content (AvgIpc) is 2.64. The van der Waals surface area contributed by atoms with Crippen LogP contribution >= 0.6 is 0 Å². The minimum atomic E-state index is -0.773. The van der Waals surface area contributed by atoms with Crippen LogP contribution in [0.4, 0.5) is 0 Å². The van der Waals surface area contributed by atoms with Gasteiger partial charge in [-0.05, 0) is 19.8 Å². The third-order valence-electron chi connectivity index (χ3n) is 2.83. The number of aromatic nitrogens is 2. The number of carbonyl (C=O) groups excluding carboxylic acids is 1. The van der Waals surface area contributed by atoms with Crippen molar-refractivity contribution in [1.29, 1.82) is 0 Å². The van der Waals surface area contributed by atoms with Crippen molar-refractivity contribution in [2.45, 2.75) is 32.6 Å². The Balaban J connectivity index is 2.22. The van der Waals surface area contributed by atoms with Crippen molar-refractivity contribution in [2.75, 3.05) is 6.54 Å². The lowest BCUT2D eigenvalue weighted by Gasteiger charge is -2.04. The Labute approximate surface area is 106 Å². The van der Waals surface area contributed by atoms with E-state index in [0.717, 1.165) is 18.5 Å². The van der Waals surface area contributed by atoms with E-state index in [2.05, 4.69) is 10.4 Å². The van der Waals surface area contributed by atoms with E-state index in [9.17, 15) is 9.59 Å². The molecule has 6 nitrogen and oxygen atoms in total. The summed E-state index contributed by atoms with van der Waals surface area (Å²) in [5, 5.41) is 15.3. The van der Waals surface area contributed by atoms with Gasteiger partial charge in [-0.25, -0.2) is 0 Å². The highest BCUT2D eigenvalue weighted by Gasteiger charge is 2.11. The van der Waals surface area contributed by atoms with Crippen molar-refractivity contribution in [3.8, 4) is 0 Å². The van der Waals surface area contributed by atoms with Crippen LogP contribution in [0.5, 0.6) is 0 Å². The molecule has 0 atom stereocenters. The maximum absolute atomic E-state index is 11.8. The Morgan fingerprint density at radius 3 is 2.67 bits per heavy atom. The third-order valence-corrected chi connectivity index (χ3v) is 2.83. The van der Waals surface area contributed by atoms with Gasteiger partial charge in [0.1, 0.15) is 0 Å². The van der Waals surface area contributed by atoms with Gasteiger partial charge < -0.3 is 10.4 Å². The fourth-order valence-corrected chi connectivity index (χ4v) is 1.60. The second kappa shape index (κ2) is 6.78. The van der Waals surface area contributed by atoms with Crippen molar-refractivity contribution < 1.29 is 14.7 Å². The number of nitrogens with zero attached hydrogens (tertiary/aromatic N) is 2. The number of unbranched alkanes of at least 4 members (excludes halogenated alkanes) is 2. The Morgan fingerprint density at radius 2 is 2.11 bits per heavy atom. The van der Waals surface area contributed by atoms with Gasteiger partial charge in [0, 0.05) is 25.7 Å². The Kier molecular flexibility index (Phi) is 5.35. The minimum absolute atomic E-state index is 0.126. The molecule has 1 amide bonds. The van der Waals surface area contributed by atoms with Crippen LogP contribution < -0.4 is 5.32 Å². The molecule has 1 rings (SSSR count). The number of aliphatic carboxylic acids is 1. The maximum Gasteiger partial charge on any atom is 0.303 e. The van der Waals surface area contributed by atoms with Crippen LogP contribution in [0, 0.1) is 6.92 Å². The predicted molar refractivity (Wildman–Crippen MR) is 66.4 cm³/mol. The van der Waals surface area contributed by atoms with E-state index in [1.807, 2.05) is 6.92 Å². The molecule has 2 N–H and O–H groups in total. The van der Waals surface area contributed by atoms with Crippen molar-refractivity contribution in [3.63, 3.8) is 0 Å². The first kappa shape index (κ1) is 14.2. The normalized spacial score (nSPS) is 10.3. The van der Waals surface area contributed by atoms with E-state index in [0.29, 0.717) is 18.5 Å². The zero-order valence-electron chi connectivity index (χ0n) is 10.8. The molecule has 0 spiro atoms. The first-order valence-electron chi connectivity index (χ1n) is 6.01. The molecule has 0 aromatic carbocycles. The fraction of sp³-hybridized carbons (Fsp3) is 0.583. The number of aryl methyl sites for hydroxylation is 1. The molecule has 6 heteroatoms. The monoisotopic (exact) mass is 253 g/mol. The van der Waals surface area contributed by atoms with E-state index < -0.39 is 5.97 Å². The molecule has 1 heterocycles. The molecule has 0 radical (unpaired) electrons. The van der Waals surface area contributed by atoms with Crippen molar-refractivity contribution in [1.82, 2.24) is 15.1 Å². The number of rotatable bonds is 7. The number of carboxylic acids is 1. The lowest BCUT2D eigenvalue weighted by Crippen LogP contribution is -2.24. The second-order valence-electron chi connectivity index (χ2n) is 4.23. The molecule has 0 unspecified atom stereocenters. The molecule has 1 aromatic rings. The Morgan fingerprint density at radius 1 is 1.39 bits per heavy atom. The summed E-state index contributed by atoms with van der Waals surface area (Å²) in [4.78, 5) is 22.0. The van der Waals surface area contributed by atoms with E-state index in [-0.39, 0.29) is 12.3 Å². The van der Waals surface area contributed by atoms with Crippen LogP contribution in [-0.2, 0) is 11.8 Å². The van der Waals surface area contributed by atoms with Gasteiger partial charge in [0.05, 0.1) is 11.8 Å². The van der Waals surface area contributed by atoms with E-state index in [1.165, 1.54) is 0 Å². The smallest absolute Gasteiger partial charge is 0.303 e. The highest BCUT2D eigenvalue weighted by molar-refractivity contribution is 5.94. The topological polar surface area (TPSA) is 84.2 Å². The Bertz CT molecular complexity index is 426. The van der Waals surface area contributed by atoms with Crippen molar-refractivity contribution >= 4 is 11.9 Å². The zero-order valence-corrected chi connectivity index (χ0v) is 10.8. The predicted octanol–water partition coefficient (Wildman–Crippen LogP) is 1.10. The molecule has 100 valence electrons. The number of amides is 1. The highest BCUT2D eigenvalue weighted by atomic mass is 16.4. The van der Waals surface area contributed by atoms with Gasteiger partial charge in [-0.15, -0.1) is 0 Å². The van der Waals surface area contributed by atoms with Gasteiger partial charge in [0.2, 0.25) is 0 Å². The zero-order chi connectivity index (χ0) is 13.5. The van der Waals surface area contributed by atoms with E-state index >= 15 is 0 Å². The minimum Gasteiger partial charge on any atom is -0.481 e. The van der Waals surface area contributed by atoms with Crippen molar-refractivity contribution in [3.05, 3.63) is 17.5 Å². The summed E-state index contributed by atoms with van der Waals surface area (Å²) >= 11 is 0. The number of nitrogens with one attached hydrogen (secondary N) is 1. The summed E-state index contributed by atoms with van der Waals surface area (Å²) in [6.07, 6.45) is 3.98. The molecule has 0 saturated heterocycles. The molecule has 0 aliphatic heterocycles. The summed E-state index contributed by atoms with van der Waals surface area (Å²) in [5.41, 5.74) is 1.42. The molecule has 18 heavy (non-hydrogen) atoms. The van der Waals surface area contributed by atoms with Crippen LogP contribution in [-0.4, -0.2) is 33.3 Å². The molecule has 1 aromatic heterocycles. The average molecular weight is 253 g/mol. The number of hydrogen-bond donors (Lipinski definition) is 2. The first-order valence-corrected chi connectivity index (χ1v) is 6.01. The lowest BCUT2D eigenvalue weighted by molar-refractivity contribution is -0.137. The third kappa shape index (κ3) is 4.20. The van der Waals surface area contributed by atoms with Gasteiger partial charge in [-0.1, -0.05) is 6.42 Å². The molecule has 0 aliphatic carbocycles. The molecule has 0 saturated carbocycles. The highest BCUT2D eigenvalue weighted by Crippen LogP contribution is 2.05. The Hall–Kier alpha value is -1.85. The first-order chi connectivity index (χ1) is 8.52. The summed E-state index contributed by atoms with van der Waals surface area (Å²) in [6.45, 7) is 2.40. The van der Waals surface area contributed by atoms with Crippen LogP contribution in [0.15, 0.2) is 6.20 Å². The van der Waals surface area contributed by atoms with Gasteiger partial charge >= 0.3 is 5.97 Å². The van der Waals surface area contributed by atoms with Gasteiger partial charge in [-0.3, -0.25) is 14.3 Å². The molecule has 0 fully saturated rings. The van der Waals surface area contributed by atoms with Gasteiger partial charge in [-0.2, -0.15) is 5.10 Å². The van der Waals surface area contributed by atoms with E-state index in [1.54, 1.807) is 17.9 Å². The van der Waals surface area contributed by atoms with Gasteiger partial charge in [0.25, 0.3) is 5.91 Å². The van der Waals surface area contributed by atoms with Gasteiger partial charge in [0.15, 0.2) is 0 Å². The lowest BCUT2D eigenvalue weighted by atomic mass is 10.2. The number of carbonyl (C=O) groups is 2. The quantitative estimate of drug-likeness (QED) is 0.713. The largest absolute Gasteiger partial charge is 0.481 e. The molecule has 0 bridgehead atoms. The molecular formula is C12H19N3O3. The van der Waals surface area contributed by atoms with Crippen LogP contribution in [0.25, 0.3) is 0 Å².